The third-order valence-corrected chi connectivity index (χ3v) is 3.93. The molecule has 1 nitrogen and oxygen atoms in total. The molecule has 0 saturated heterocycles. The standard InChI is InChI=1S/C21H14ClN/c22-21-14-17(15-23)9-13-20(21)12-8-16-6-10-19(11-7-16)18-4-2-1-3-5-18/h1-14H/b12-8+. The van der Waals surface area contributed by atoms with Crippen molar-refractivity contribution in [2.45, 2.75) is 0 Å². The Morgan fingerprint density at radius 2 is 1.48 bits per heavy atom. The van der Waals surface area contributed by atoms with Crippen LogP contribution in [-0.4, -0.2) is 0 Å². The smallest absolute Gasteiger partial charge is 0.0992 e. The van der Waals surface area contributed by atoms with Crippen molar-refractivity contribution in [1.29, 1.82) is 5.26 Å². The summed E-state index contributed by atoms with van der Waals surface area (Å²) in [5, 5.41) is 9.44. The highest BCUT2D eigenvalue weighted by molar-refractivity contribution is 6.32. The second-order valence-corrected chi connectivity index (χ2v) is 5.58. The summed E-state index contributed by atoms with van der Waals surface area (Å²) < 4.78 is 0. The van der Waals surface area contributed by atoms with Gasteiger partial charge in [-0.25, -0.2) is 0 Å². The van der Waals surface area contributed by atoms with Crippen LogP contribution in [-0.2, 0) is 0 Å². The summed E-state index contributed by atoms with van der Waals surface area (Å²) in [6.45, 7) is 0. The lowest BCUT2D eigenvalue weighted by Gasteiger charge is -2.02. The minimum atomic E-state index is 0.569. The minimum absolute atomic E-state index is 0.569. The molecule has 0 aliphatic heterocycles. The van der Waals surface area contributed by atoms with Gasteiger partial charge in [-0.2, -0.15) is 5.26 Å². The largest absolute Gasteiger partial charge is 0.192 e. The van der Waals surface area contributed by atoms with E-state index in [1.54, 1.807) is 12.1 Å². The topological polar surface area (TPSA) is 23.8 Å². The van der Waals surface area contributed by atoms with Crippen LogP contribution < -0.4 is 0 Å². The van der Waals surface area contributed by atoms with E-state index in [4.69, 9.17) is 16.9 Å². The zero-order valence-electron chi connectivity index (χ0n) is 12.4. The molecular weight excluding hydrogens is 302 g/mol. The molecule has 2 heteroatoms. The lowest BCUT2D eigenvalue weighted by atomic mass is 10.0. The molecule has 0 aliphatic carbocycles. The SMILES string of the molecule is N#Cc1ccc(/C=C/c2ccc(-c3ccccc3)cc2)c(Cl)c1. The molecule has 0 aliphatic rings. The molecule has 0 N–H and O–H groups in total. The van der Waals surface area contributed by atoms with Crippen LogP contribution in [0.5, 0.6) is 0 Å². The van der Waals surface area contributed by atoms with Crippen LogP contribution in [0.15, 0.2) is 72.8 Å². The maximum absolute atomic E-state index is 8.85. The Bertz CT molecular complexity index is 872. The molecule has 0 unspecified atom stereocenters. The Labute approximate surface area is 141 Å². The highest BCUT2D eigenvalue weighted by atomic mass is 35.5. The fraction of sp³-hybridized carbons (Fsp3) is 0. The Balaban J connectivity index is 1.80. The number of rotatable bonds is 3. The average molecular weight is 316 g/mol. The van der Waals surface area contributed by atoms with Crippen LogP contribution in [0.4, 0.5) is 0 Å². The number of benzene rings is 3. The summed E-state index contributed by atoms with van der Waals surface area (Å²) in [7, 11) is 0. The van der Waals surface area contributed by atoms with Gasteiger partial charge in [-0.1, -0.05) is 84.4 Å². The van der Waals surface area contributed by atoms with Crippen molar-refractivity contribution in [2.75, 3.05) is 0 Å². The molecule has 0 radical (unpaired) electrons. The summed E-state index contributed by atoms with van der Waals surface area (Å²) in [4.78, 5) is 0. The fourth-order valence-corrected chi connectivity index (χ4v) is 2.58. The first kappa shape index (κ1) is 15.1. The molecule has 0 atom stereocenters. The van der Waals surface area contributed by atoms with Gasteiger partial charge in [-0.05, 0) is 34.4 Å². The van der Waals surface area contributed by atoms with Crippen molar-refractivity contribution in [3.8, 4) is 17.2 Å². The van der Waals surface area contributed by atoms with Gasteiger partial charge in [0.15, 0.2) is 0 Å². The van der Waals surface area contributed by atoms with E-state index in [2.05, 4.69) is 42.5 Å². The predicted octanol–water partition coefficient (Wildman–Crippen LogP) is 6.05. The average Bonchev–Trinajstić information content (AvgIpc) is 2.62. The molecular formula is C21H14ClN. The van der Waals surface area contributed by atoms with Gasteiger partial charge in [0, 0.05) is 5.02 Å². The van der Waals surface area contributed by atoms with Crippen LogP contribution in [0.1, 0.15) is 16.7 Å². The summed E-state index contributed by atoms with van der Waals surface area (Å²) >= 11 is 6.18. The van der Waals surface area contributed by atoms with E-state index < -0.39 is 0 Å². The third kappa shape index (κ3) is 3.69. The molecule has 3 rings (SSSR count). The summed E-state index contributed by atoms with van der Waals surface area (Å²) in [5.41, 5.74) is 4.97. The molecule has 0 fully saturated rings. The monoisotopic (exact) mass is 315 g/mol. The fourth-order valence-electron chi connectivity index (χ4n) is 2.34. The molecule has 0 aromatic heterocycles. The number of hydrogen-bond acceptors (Lipinski definition) is 1. The molecule has 3 aromatic rings. The quantitative estimate of drug-likeness (QED) is 0.540. The molecule has 110 valence electrons. The first-order valence-corrected chi connectivity index (χ1v) is 7.67. The Morgan fingerprint density at radius 1 is 0.783 bits per heavy atom. The number of nitriles is 1. The Hall–Kier alpha value is -2.82. The van der Waals surface area contributed by atoms with Crippen molar-refractivity contribution >= 4 is 23.8 Å². The maximum atomic E-state index is 8.85. The van der Waals surface area contributed by atoms with Gasteiger partial charge in [0.25, 0.3) is 0 Å². The van der Waals surface area contributed by atoms with E-state index in [1.807, 2.05) is 36.4 Å². The molecule has 0 saturated carbocycles. The van der Waals surface area contributed by atoms with Gasteiger partial charge < -0.3 is 0 Å². The Kier molecular flexibility index (Phi) is 4.57. The van der Waals surface area contributed by atoms with Crippen LogP contribution in [0, 0.1) is 11.3 Å². The van der Waals surface area contributed by atoms with Crippen molar-refractivity contribution in [1.82, 2.24) is 0 Å². The van der Waals surface area contributed by atoms with E-state index in [0.29, 0.717) is 10.6 Å². The van der Waals surface area contributed by atoms with Crippen molar-refractivity contribution in [3.05, 3.63) is 94.5 Å². The lowest BCUT2D eigenvalue weighted by Crippen LogP contribution is -1.80. The van der Waals surface area contributed by atoms with E-state index >= 15 is 0 Å². The first-order valence-electron chi connectivity index (χ1n) is 7.29. The predicted molar refractivity (Wildman–Crippen MR) is 97.0 cm³/mol. The molecule has 3 aromatic carbocycles. The summed E-state index contributed by atoms with van der Waals surface area (Å²) in [5.74, 6) is 0. The van der Waals surface area contributed by atoms with Crippen LogP contribution >= 0.6 is 11.6 Å². The highest BCUT2D eigenvalue weighted by Crippen LogP contribution is 2.22. The number of halogens is 1. The van der Waals surface area contributed by atoms with Gasteiger partial charge >= 0.3 is 0 Å². The zero-order valence-corrected chi connectivity index (χ0v) is 13.2. The van der Waals surface area contributed by atoms with Crippen LogP contribution in [0.3, 0.4) is 0 Å². The van der Waals surface area contributed by atoms with E-state index in [0.717, 1.165) is 11.1 Å². The van der Waals surface area contributed by atoms with Gasteiger partial charge in [0.05, 0.1) is 11.6 Å². The van der Waals surface area contributed by atoms with E-state index in [1.165, 1.54) is 11.1 Å². The second kappa shape index (κ2) is 6.96. The maximum Gasteiger partial charge on any atom is 0.0992 e. The van der Waals surface area contributed by atoms with Gasteiger partial charge in [0.1, 0.15) is 0 Å². The van der Waals surface area contributed by atoms with Crippen LogP contribution in [0.25, 0.3) is 23.3 Å². The zero-order chi connectivity index (χ0) is 16.1. The minimum Gasteiger partial charge on any atom is -0.192 e. The first-order chi connectivity index (χ1) is 11.3. The Morgan fingerprint density at radius 3 is 2.13 bits per heavy atom. The summed E-state index contributed by atoms with van der Waals surface area (Å²) in [6.07, 6.45) is 3.98. The van der Waals surface area contributed by atoms with Gasteiger partial charge in [-0.15, -0.1) is 0 Å². The summed E-state index contributed by atoms with van der Waals surface area (Å²) in [6, 6.07) is 26.0. The highest BCUT2D eigenvalue weighted by Gasteiger charge is 1.99. The number of nitrogens with zero attached hydrogens (tertiary/aromatic N) is 1. The number of hydrogen-bond donors (Lipinski definition) is 0. The van der Waals surface area contributed by atoms with Crippen molar-refractivity contribution in [3.63, 3.8) is 0 Å². The van der Waals surface area contributed by atoms with E-state index in [9.17, 15) is 0 Å². The van der Waals surface area contributed by atoms with Gasteiger partial charge in [-0.3, -0.25) is 0 Å². The van der Waals surface area contributed by atoms with E-state index in [-0.39, 0.29) is 0 Å². The molecule has 0 amide bonds. The second-order valence-electron chi connectivity index (χ2n) is 5.17. The molecule has 0 spiro atoms. The molecule has 0 bridgehead atoms. The van der Waals surface area contributed by atoms with Crippen molar-refractivity contribution in [2.24, 2.45) is 0 Å². The van der Waals surface area contributed by atoms with Gasteiger partial charge in [0.2, 0.25) is 0 Å². The molecule has 0 heterocycles. The third-order valence-electron chi connectivity index (χ3n) is 3.60. The lowest BCUT2D eigenvalue weighted by molar-refractivity contribution is 1.48. The van der Waals surface area contributed by atoms with Crippen LogP contribution in [0.2, 0.25) is 5.02 Å². The normalized spacial score (nSPS) is 10.6. The molecule has 23 heavy (non-hydrogen) atoms. The van der Waals surface area contributed by atoms with Crippen molar-refractivity contribution < 1.29 is 0 Å².